The van der Waals surface area contributed by atoms with Gasteiger partial charge in [-0.2, -0.15) is 10.1 Å². The van der Waals surface area contributed by atoms with E-state index in [4.69, 9.17) is 8.94 Å². The highest BCUT2D eigenvalue weighted by Gasteiger charge is 2.15. The first kappa shape index (κ1) is 10.8. The van der Waals surface area contributed by atoms with Crippen molar-refractivity contribution in [1.82, 2.24) is 20.3 Å². The normalized spacial score (nSPS) is 11.3. The summed E-state index contributed by atoms with van der Waals surface area (Å²) in [6.45, 7) is 4.02. The Balaban J connectivity index is 1.93. The quantitative estimate of drug-likeness (QED) is 0.766. The van der Waals surface area contributed by atoms with Gasteiger partial charge in [-0.1, -0.05) is 19.0 Å². The summed E-state index contributed by atoms with van der Waals surface area (Å²) in [4.78, 5) is 4.30. The molecule has 3 rings (SSSR count). The Kier molecular flexibility index (Phi) is 2.47. The van der Waals surface area contributed by atoms with Crippen LogP contribution in [-0.4, -0.2) is 20.3 Å². The van der Waals surface area contributed by atoms with E-state index in [0.717, 1.165) is 0 Å². The molecule has 0 atom stereocenters. The third kappa shape index (κ3) is 1.81. The number of H-pyrrole nitrogens is 1. The van der Waals surface area contributed by atoms with E-state index in [-0.39, 0.29) is 5.92 Å². The summed E-state index contributed by atoms with van der Waals surface area (Å²) in [6, 6.07) is 5.47. The molecule has 92 valence electrons. The van der Waals surface area contributed by atoms with Gasteiger partial charge in [0.15, 0.2) is 11.6 Å². The van der Waals surface area contributed by atoms with Crippen LogP contribution in [0.4, 0.5) is 0 Å². The number of aromatic amines is 1. The van der Waals surface area contributed by atoms with Crippen molar-refractivity contribution in [3.8, 4) is 23.0 Å². The Bertz CT molecular complexity index is 637. The van der Waals surface area contributed by atoms with Gasteiger partial charge in [-0.05, 0) is 12.1 Å². The van der Waals surface area contributed by atoms with Gasteiger partial charge in [-0.3, -0.25) is 5.10 Å². The molecule has 0 aliphatic heterocycles. The highest BCUT2D eigenvalue weighted by atomic mass is 16.5. The van der Waals surface area contributed by atoms with Crippen LogP contribution in [0.3, 0.4) is 0 Å². The Morgan fingerprint density at radius 1 is 1.33 bits per heavy atom. The van der Waals surface area contributed by atoms with Crippen molar-refractivity contribution >= 4 is 0 Å². The summed E-state index contributed by atoms with van der Waals surface area (Å²) in [7, 11) is 0. The predicted molar refractivity (Wildman–Crippen MR) is 63.7 cm³/mol. The van der Waals surface area contributed by atoms with Crippen LogP contribution in [0, 0.1) is 0 Å². The average Bonchev–Trinajstić information content (AvgIpc) is 3.10. The smallest absolute Gasteiger partial charge is 0.275 e. The van der Waals surface area contributed by atoms with Gasteiger partial charge in [0.05, 0.1) is 6.26 Å². The third-order valence-electron chi connectivity index (χ3n) is 2.54. The molecule has 0 aliphatic rings. The molecule has 3 heterocycles. The molecule has 0 radical (unpaired) electrons. The van der Waals surface area contributed by atoms with Crippen molar-refractivity contribution < 1.29 is 8.94 Å². The van der Waals surface area contributed by atoms with Crippen LogP contribution in [0.2, 0.25) is 0 Å². The van der Waals surface area contributed by atoms with E-state index >= 15 is 0 Å². The fraction of sp³-hybridized carbons (Fsp3) is 0.250. The summed E-state index contributed by atoms with van der Waals surface area (Å²) in [5.41, 5.74) is 1.39. The van der Waals surface area contributed by atoms with Crippen LogP contribution in [0.15, 0.2) is 33.4 Å². The fourth-order valence-corrected chi connectivity index (χ4v) is 1.56. The molecule has 0 fully saturated rings. The molecule has 18 heavy (non-hydrogen) atoms. The predicted octanol–water partition coefficient (Wildman–Crippen LogP) is 2.84. The van der Waals surface area contributed by atoms with Crippen molar-refractivity contribution in [2.45, 2.75) is 19.8 Å². The molecule has 0 saturated carbocycles. The molecule has 6 nitrogen and oxygen atoms in total. The maximum atomic E-state index is 5.26. The van der Waals surface area contributed by atoms with Gasteiger partial charge in [0, 0.05) is 12.0 Å². The van der Waals surface area contributed by atoms with Gasteiger partial charge in [-0.15, -0.1) is 0 Å². The molecular formula is C12H12N4O2. The first-order valence-corrected chi connectivity index (χ1v) is 5.67. The number of rotatable bonds is 3. The molecule has 0 amide bonds. The zero-order chi connectivity index (χ0) is 12.5. The zero-order valence-electron chi connectivity index (χ0n) is 10.0. The van der Waals surface area contributed by atoms with Crippen molar-refractivity contribution in [2.75, 3.05) is 0 Å². The van der Waals surface area contributed by atoms with Crippen LogP contribution in [0.5, 0.6) is 0 Å². The molecule has 0 bridgehead atoms. The van der Waals surface area contributed by atoms with Gasteiger partial charge >= 0.3 is 0 Å². The molecule has 0 aromatic carbocycles. The second-order valence-electron chi connectivity index (χ2n) is 4.26. The summed E-state index contributed by atoms with van der Waals surface area (Å²) >= 11 is 0. The monoisotopic (exact) mass is 244 g/mol. The fourth-order valence-electron chi connectivity index (χ4n) is 1.56. The van der Waals surface area contributed by atoms with Crippen LogP contribution >= 0.6 is 0 Å². The highest BCUT2D eigenvalue weighted by molar-refractivity contribution is 5.59. The first-order chi connectivity index (χ1) is 8.74. The maximum absolute atomic E-state index is 5.26. The van der Waals surface area contributed by atoms with Gasteiger partial charge in [0.25, 0.3) is 5.89 Å². The van der Waals surface area contributed by atoms with Gasteiger partial charge in [-0.25, -0.2) is 0 Å². The van der Waals surface area contributed by atoms with E-state index < -0.39 is 0 Å². The van der Waals surface area contributed by atoms with Crippen molar-refractivity contribution in [2.24, 2.45) is 0 Å². The van der Waals surface area contributed by atoms with E-state index in [1.54, 1.807) is 6.26 Å². The van der Waals surface area contributed by atoms with Crippen molar-refractivity contribution in [1.29, 1.82) is 0 Å². The van der Waals surface area contributed by atoms with Crippen LogP contribution < -0.4 is 0 Å². The van der Waals surface area contributed by atoms with Crippen LogP contribution in [0.1, 0.15) is 25.6 Å². The second-order valence-corrected chi connectivity index (χ2v) is 4.26. The molecule has 6 heteroatoms. The first-order valence-electron chi connectivity index (χ1n) is 5.67. The molecule has 3 aromatic rings. The number of hydrogen-bond acceptors (Lipinski definition) is 5. The molecule has 1 N–H and O–H groups in total. The van der Waals surface area contributed by atoms with E-state index in [9.17, 15) is 0 Å². The van der Waals surface area contributed by atoms with Gasteiger partial charge in [0.2, 0.25) is 0 Å². The Morgan fingerprint density at radius 2 is 2.22 bits per heavy atom. The largest absolute Gasteiger partial charge is 0.463 e. The zero-order valence-corrected chi connectivity index (χ0v) is 10.0. The summed E-state index contributed by atoms with van der Waals surface area (Å²) in [5.74, 6) is 2.04. The SMILES string of the molecule is CC(C)c1noc(-c2cc(-c3ccco3)n[nH]2)n1. The minimum atomic E-state index is 0.231. The van der Waals surface area contributed by atoms with Gasteiger partial charge in [0.1, 0.15) is 11.4 Å². The summed E-state index contributed by atoms with van der Waals surface area (Å²) in [5, 5.41) is 10.9. The van der Waals surface area contributed by atoms with Crippen LogP contribution in [-0.2, 0) is 0 Å². The van der Waals surface area contributed by atoms with Crippen molar-refractivity contribution in [3.63, 3.8) is 0 Å². The standard InChI is InChI=1S/C12H12N4O2/c1-7(2)11-13-12(18-16-11)9-6-8(14-15-9)10-4-3-5-17-10/h3-7H,1-2H3,(H,14,15). The number of nitrogens with zero attached hydrogens (tertiary/aromatic N) is 3. The number of furan rings is 1. The molecule has 3 aromatic heterocycles. The molecule has 0 aliphatic carbocycles. The van der Waals surface area contributed by atoms with Crippen LogP contribution in [0.25, 0.3) is 23.0 Å². The minimum Gasteiger partial charge on any atom is -0.463 e. The summed E-state index contributed by atoms with van der Waals surface area (Å²) < 4.78 is 10.4. The lowest BCUT2D eigenvalue weighted by molar-refractivity contribution is 0.418. The Morgan fingerprint density at radius 3 is 2.89 bits per heavy atom. The average molecular weight is 244 g/mol. The highest BCUT2D eigenvalue weighted by Crippen LogP contribution is 2.23. The van der Waals surface area contributed by atoms with Gasteiger partial charge < -0.3 is 8.94 Å². The van der Waals surface area contributed by atoms with E-state index in [2.05, 4.69) is 20.3 Å². The molecule has 0 unspecified atom stereocenters. The summed E-state index contributed by atoms with van der Waals surface area (Å²) in [6.07, 6.45) is 1.60. The lowest BCUT2D eigenvalue weighted by Crippen LogP contribution is -1.89. The lowest BCUT2D eigenvalue weighted by Gasteiger charge is -1.91. The Hall–Kier alpha value is -2.37. The van der Waals surface area contributed by atoms with E-state index in [0.29, 0.717) is 28.9 Å². The molecule has 0 saturated heterocycles. The maximum Gasteiger partial charge on any atom is 0.275 e. The van der Waals surface area contributed by atoms with E-state index in [1.807, 2.05) is 32.0 Å². The molecular weight excluding hydrogens is 232 g/mol. The number of hydrogen-bond donors (Lipinski definition) is 1. The van der Waals surface area contributed by atoms with Crippen molar-refractivity contribution in [3.05, 3.63) is 30.3 Å². The third-order valence-corrected chi connectivity index (χ3v) is 2.54. The number of nitrogens with one attached hydrogen (secondary N) is 1. The second kappa shape index (κ2) is 4.14. The Labute approximate surface area is 103 Å². The lowest BCUT2D eigenvalue weighted by atomic mass is 10.2. The number of aromatic nitrogens is 4. The molecule has 0 spiro atoms. The van der Waals surface area contributed by atoms with E-state index in [1.165, 1.54) is 0 Å². The topological polar surface area (TPSA) is 80.7 Å². The minimum absolute atomic E-state index is 0.231.